The Morgan fingerprint density at radius 1 is 1.32 bits per heavy atom. The second-order valence-corrected chi connectivity index (χ2v) is 6.31. The standard InChI is InChI=1S/C15H15N5OS/c1-19-15(11-8-22-9-13(11)17-19)16-14(21)7-20-6-10-4-2-3-5-12(10)18-20/h2-6H,7-9H2,1H3,(H,16,21). The number of nitrogens with one attached hydrogen (secondary N) is 1. The van der Waals surface area contributed by atoms with Gasteiger partial charge in [-0.25, -0.2) is 0 Å². The van der Waals surface area contributed by atoms with Crippen molar-refractivity contribution >= 4 is 34.4 Å². The summed E-state index contributed by atoms with van der Waals surface area (Å²) in [5.74, 6) is 2.55. The minimum Gasteiger partial charge on any atom is -0.309 e. The third-order valence-electron chi connectivity index (χ3n) is 3.74. The van der Waals surface area contributed by atoms with Crippen LogP contribution >= 0.6 is 11.8 Å². The van der Waals surface area contributed by atoms with E-state index in [1.165, 1.54) is 0 Å². The van der Waals surface area contributed by atoms with Gasteiger partial charge in [0, 0.05) is 35.7 Å². The monoisotopic (exact) mass is 313 g/mol. The lowest BCUT2D eigenvalue weighted by molar-refractivity contribution is -0.116. The van der Waals surface area contributed by atoms with Crippen LogP contribution in [-0.4, -0.2) is 25.5 Å². The summed E-state index contributed by atoms with van der Waals surface area (Å²) >= 11 is 1.82. The number of fused-ring (bicyclic) bond motifs is 2. The number of rotatable bonds is 3. The Labute approximate surface area is 131 Å². The van der Waals surface area contributed by atoms with E-state index in [0.29, 0.717) is 0 Å². The first-order valence-corrected chi connectivity index (χ1v) is 8.21. The zero-order chi connectivity index (χ0) is 15.1. The molecular weight excluding hydrogens is 298 g/mol. The molecule has 1 aliphatic heterocycles. The summed E-state index contributed by atoms with van der Waals surface area (Å²) in [7, 11) is 1.86. The van der Waals surface area contributed by atoms with Gasteiger partial charge in [-0.2, -0.15) is 22.0 Å². The summed E-state index contributed by atoms with van der Waals surface area (Å²) in [5, 5.41) is 12.9. The van der Waals surface area contributed by atoms with Crippen molar-refractivity contribution in [2.24, 2.45) is 7.05 Å². The van der Waals surface area contributed by atoms with E-state index in [0.717, 1.165) is 39.5 Å². The highest BCUT2D eigenvalue weighted by Crippen LogP contribution is 2.34. The van der Waals surface area contributed by atoms with Gasteiger partial charge in [-0.15, -0.1) is 0 Å². The molecule has 1 amide bonds. The van der Waals surface area contributed by atoms with Crippen molar-refractivity contribution in [3.8, 4) is 0 Å². The number of anilines is 1. The lowest BCUT2D eigenvalue weighted by atomic mass is 10.3. The fraction of sp³-hybridized carbons (Fsp3) is 0.267. The number of nitrogens with zero attached hydrogens (tertiary/aromatic N) is 4. The van der Waals surface area contributed by atoms with Crippen molar-refractivity contribution < 1.29 is 4.79 Å². The molecule has 1 aliphatic rings. The van der Waals surface area contributed by atoms with Crippen LogP contribution in [0.4, 0.5) is 5.82 Å². The molecule has 0 atom stereocenters. The van der Waals surface area contributed by atoms with E-state index in [2.05, 4.69) is 15.5 Å². The Hall–Kier alpha value is -2.28. The third kappa shape index (κ3) is 2.27. The maximum atomic E-state index is 12.3. The number of thioether (sulfide) groups is 1. The van der Waals surface area contributed by atoms with Crippen molar-refractivity contribution in [2.45, 2.75) is 18.1 Å². The average Bonchev–Trinajstić information content (AvgIpc) is 3.15. The molecule has 0 aliphatic carbocycles. The number of carbonyl (C=O) groups excluding carboxylic acids is 1. The average molecular weight is 313 g/mol. The number of amides is 1. The van der Waals surface area contributed by atoms with E-state index in [-0.39, 0.29) is 12.5 Å². The fourth-order valence-electron chi connectivity index (χ4n) is 2.71. The van der Waals surface area contributed by atoms with Crippen LogP contribution in [0.3, 0.4) is 0 Å². The zero-order valence-corrected chi connectivity index (χ0v) is 12.9. The van der Waals surface area contributed by atoms with Gasteiger partial charge in [0.15, 0.2) is 0 Å². The van der Waals surface area contributed by atoms with Gasteiger partial charge in [0.05, 0.1) is 11.2 Å². The van der Waals surface area contributed by atoms with Crippen molar-refractivity contribution in [3.05, 3.63) is 41.7 Å². The van der Waals surface area contributed by atoms with Crippen LogP contribution in [0.2, 0.25) is 0 Å². The van der Waals surface area contributed by atoms with Gasteiger partial charge in [0.25, 0.3) is 0 Å². The Kier molecular flexibility index (Phi) is 3.15. The quantitative estimate of drug-likeness (QED) is 0.805. The molecule has 0 bridgehead atoms. The highest BCUT2D eigenvalue weighted by Gasteiger charge is 2.22. The predicted molar refractivity (Wildman–Crippen MR) is 86.6 cm³/mol. The van der Waals surface area contributed by atoms with Crippen LogP contribution < -0.4 is 5.32 Å². The Morgan fingerprint density at radius 2 is 2.18 bits per heavy atom. The fourth-order valence-corrected chi connectivity index (χ4v) is 3.75. The topological polar surface area (TPSA) is 64.7 Å². The van der Waals surface area contributed by atoms with Gasteiger partial charge in [-0.1, -0.05) is 18.2 Å². The summed E-state index contributed by atoms with van der Waals surface area (Å²) in [6.45, 7) is 0.196. The van der Waals surface area contributed by atoms with E-state index in [1.54, 1.807) is 9.36 Å². The van der Waals surface area contributed by atoms with Gasteiger partial charge in [0.1, 0.15) is 12.4 Å². The molecule has 2 aromatic heterocycles. The molecule has 3 heterocycles. The Morgan fingerprint density at radius 3 is 3.05 bits per heavy atom. The molecular formula is C15H15N5OS. The van der Waals surface area contributed by atoms with E-state index < -0.39 is 0 Å². The van der Waals surface area contributed by atoms with E-state index in [4.69, 9.17) is 0 Å². The minimum atomic E-state index is -0.0875. The van der Waals surface area contributed by atoms with Crippen molar-refractivity contribution in [2.75, 3.05) is 5.32 Å². The molecule has 7 heteroatoms. The molecule has 4 rings (SSSR count). The number of hydrogen-bond donors (Lipinski definition) is 1. The first-order valence-electron chi connectivity index (χ1n) is 7.05. The molecule has 0 saturated heterocycles. The lowest BCUT2D eigenvalue weighted by Gasteiger charge is -2.07. The van der Waals surface area contributed by atoms with Crippen LogP contribution in [0, 0.1) is 0 Å². The molecule has 0 radical (unpaired) electrons. The van der Waals surface area contributed by atoms with Crippen molar-refractivity contribution in [1.82, 2.24) is 19.6 Å². The summed E-state index contributed by atoms with van der Waals surface area (Å²) in [5.41, 5.74) is 3.12. The Bertz CT molecular complexity index is 833. The molecule has 0 spiro atoms. The summed E-state index contributed by atoms with van der Waals surface area (Å²) < 4.78 is 3.42. The van der Waals surface area contributed by atoms with Crippen molar-refractivity contribution in [3.63, 3.8) is 0 Å². The summed E-state index contributed by atoms with van der Waals surface area (Å²) in [6.07, 6.45) is 1.89. The van der Waals surface area contributed by atoms with Crippen LogP contribution in [0.1, 0.15) is 11.3 Å². The molecule has 3 aromatic rings. The highest BCUT2D eigenvalue weighted by molar-refractivity contribution is 7.98. The van der Waals surface area contributed by atoms with Crippen LogP contribution in [0.5, 0.6) is 0 Å². The van der Waals surface area contributed by atoms with Gasteiger partial charge in [-0.3, -0.25) is 14.2 Å². The van der Waals surface area contributed by atoms with Crippen LogP contribution in [-0.2, 0) is 29.9 Å². The zero-order valence-electron chi connectivity index (χ0n) is 12.1. The van der Waals surface area contributed by atoms with Crippen LogP contribution in [0.15, 0.2) is 30.5 Å². The summed E-state index contributed by atoms with van der Waals surface area (Å²) in [6, 6.07) is 7.83. The second kappa shape index (κ2) is 5.17. The third-order valence-corrected chi connectivity index (χ3v) is 4.71. The summed E-state index contributed by atoms with van der Waals surface area (Å²) in [4.78, 5) is 12.3. The minimum absolute atomic E-state index is 0.0875. The number of benzene rings is 1. The second-order valence-electron chi connectivity index (χ2n) is 5.32. The van der Waals surface area contributed by atoms with Gasteiger partial charge < -0.3 is 5.32 Å². The molecule has 0 fully saturated rings. The molecule has 6 nitrogen and oxygen atoms in total. The van der Waals surface area contributed by atoms with Gasteiger partial charge in [0.2, 0.25) is 5.91 Å². The first kappa shape index (κ1) is 13.4. The smallest absolute Gasteiger partial charge is 0.247 e. The SMILES string of the molecule is Cn1nc2c(c1NC(=O)Cn1cc3ccccc3n1)CSC2. The Balaban J connectivity index is 1.53. The van der Waals surface area contributed by atoms with Crippen LogP contribution in [0.25, 0.3) is 10.9 Å². The molecule has 0 unspecified atom stereocenters. The predicted octanol–water partition coefficient (Wildman–Crippen LogP) is 2.16. The first-order chi connectivity index (χ1) is 10.7. The normalized spacial score (nSPS) is 13.5. The van der Waals surface area contributed by atoms with E-state index in [1.807, 2.05) is 49.3 Å². The van der Waals surface area contributed by atoms with Gasteiger partial charge in [-0.05, 0) is 6.07 Å². The maximum absolute atomic E-state index is 12.3. The van der Waals surface area contributed by atoms with Crippen molar-refractivity contribution in [1.29, 1.82) is 0 Å². The number of aryl methyl sites for hydroxylation is 1. The molecule has 1 N–H and O–H groups in total. The highest BCUT2D eigenvalue weighted by atomic mass is 32.2. The molecule has 0 saturated carbocycles. The molecule has 22 heavy (non-hydrogen) atoms. The molecule has 112 valence electrons. The maximum Gasteiger partial charge on any atom is 0.247 e. The molecule has 1 aromatic carbocycles. The lowest BCUT2D eigenvalue weighted by Crippen LogP contribution is -2.21. The number of aromatic nitrogens is 4. The number of hydrogen-bond acceptors (Lipinski definition) is 4. The van der Waals surface area contributed by atoms with Gasteiger partial charge >= 0.3 is 0 Å². The van der Waals surface area contributed by atoms with E-state index >= 15 is 0 Å². The van der Waals surface area contributed by atoms with E-state index in [9.17, 15) is 4.79 Å². The number of carbonyl (C=O) groups is 1. The largest absolute Gasteiger partial charge is 0.309 e.